The number of rotatable bonds is 4. The van der Waals surface area contributed by atoms with Crippen molar-refractivity contribution in [3.8, 4) is 0 Å². The monoisotopic (exact) mass is 451 g/mol. The van der Waals surface area contributed by atoms with Gasteiger partial charge in [-0.1, -0.05) is 35.9 Å². The first-order valence-corrected chi connectivity index (χ1v) is 11.4. The number of carbonyl (C=O) groups is 2. The third kappa shape index (κ3) is 5.19. The molecule has 0 aliphatic carbocycles. The average molecular weight is 452 g/mol. The van der Waals surface area contributed by atoms with Crippen molar-refractivity contribution >= 4 is 40.5 Å². The third-order valence-corrected chi connectivity index (χ3v) is 6.35. The number of hydrogen-bond donors (Lipinski definition) is 2. The van der Waals surface area contributed by atoms with E-state index in [-0.39, 0.29) is 18.2 Å². The third-order valence-electron chi connectivity index (χ3n) is 6.02. The number of aryl methyl sites for hydroxylation is 1. The van der Waals surface area contributed by atoms with Crippen molar-refractivity contribution in [2.45, 2.75) is 19.4 Å². The lowest BCUT2D eigenvalue weighted by atomic mass is 10.1. The van der Waals surface area contributed by atoms with E-state index in [1.54, 1.807) is 0 Å². The number of carbonyl (C=O) groups excluding carboxylic acids is 2. The Labute approximate surface area is 194 Å². The van der Waals surface area contributed by atoms with Gasteiger partial charge in [-0.15, -0.1) is 0 Å². The van der Waals surface area contributed by atoms with Crippen LogP contribution in [0.25, 0.3) is 0 Å². The Morgan fingerprint density at radius 1 is 1.03 bits per heavy atom. The Kier molecular flexibility index (Phi) is 6.90. The number of nitrogens with zero attached hydrogens (tertiary/aromatic N) is 3. The Morgan fingerprint density at radius 3 is 2.41 bits per heavy atom. The van der Waals surface area contributed by atoms with Crippen LogP contribution in [0, 0.1) is 6.92 Å². The number of piperazine rings is 2. The first kappa shape index (κ1) is 22.1. The first-order valence-electron chi connectivity index (χ1n) is 11.0. The zero-order valence-corrected chi connectivity index (χ0v) is 19.1. The highest BCUT2D eigenvalue weighted by Crippen LogP contribution is 2.18. The fourth-order valence-electron chi connectivity index (χ4n) is 4.14. The summed E-state index contributed by atoms with van der Waals surface area (Å²) in [5, 5.41) is 6.56. The quantitative estimate of drug-likeness (QED) is 0.695. The molecule has 2 N–H and O–H groups in total. The van der Waals surface area contributed by atoms with Gasteiger partial charge < -0.3 is 25.3 Å². The minimum atomic E-state index is -0.603. The number of hydrogen-bond acceptors (Lipinski definition) is 4. The minimum absolute atomic E-state index is 0.0112. The molecule has 0 aromatic heterocycles. The van der Waals surface area contributed by atoms with E-state index in [2.05, 4.69) is 27.7 Å². The molecule has 0 spiro atoms. The van der Waals surface area contributed by atoms with Gasteiger partial charge in [-0.2, -0.15) is 0 Å². The highest BCUT2D eigenvalue weighted by atomic mass is 32.1. The van der Waals surface area contributed by atoms with Crippen LogP contribution in [0.4, 0.5) is 11.4 Å². The van der Waals surface area contributed by atoms with Crippen molar-refractivity contribution in [3.63, 3.8) is 0 Å². The summed E-state index contributed by atoms with van der Waals surface area (Å²) in [6.45, 7) is 5.96. The molecule has 2 aliphatic heterocycles. The molecule has 2 aromatic carbocycles. The van der Waals surface area contributed by atoms with Gasteiger partial charge in [0, 0.05) is 50.6 Å². The zero-order chi connectivity index (χ0) is 22.5. The van der Waals surface area contributed by atoms with Crippen LogP contribution >= 0.6 is 12.2 Å². The molecule has 2 fully saturated rings. The molecule has 2 saturated heterocycles. The van der Waals surface area contributed by atoms with E-state index in [9.17, 15) is 9.59 Å². The highest BCUT2D eigenvalue weighted by molar-refractivity contribution is 7.80. The van der Waals surface area contributed by atoms with Crippen molar-refractivity contribution in [1.82, 2.24) is 15.1 Å². The molecule has 32 heavy (non-hydrogen) atoms. The minimum Gasteiger partial charge on any atom is -0.368 e. The summed E-state index contributed by atoms with van der Waals surface area (Å²) >= 11 is 5.60. The number of amides is 2. The van der Waals surface area contributed by atoms with Crippen LogP contribution in [-0.2, 0) is 9.59 Å². The summed E-state index contributed by atoms with van der Waals surface area (Å²) in [7, 11) is 0. The molecule has 2 aliphatic rings. The SMILES string of the molecule is Cc1ccc(NC(=S)N2CCNC(=O)[C@H]2CC(=O)N2CCN(c3ccccc3)CC2)cc1. The van der Waals surface area contributed by atoms with Gasteiger partial charge in [0.2, 0.25) is 11.8 Å². The molecule has 2 heterocycles. The second-order valence-corrected chi connectivity index (χ2v) is 8.59. The maximum absolute atomic E-state index is 13.1. The van der Waals surface area contributed by atoms with Crippen LogP contribution in [0.5, 0.6) is 0 Å². The molecule has 1 atom stereocenters. The largest absolute Gasteiger partial charge is 0.368 e. The summed E-state index contributed by atoms with van der Waals surface area (Å²) in [5.74, 6) is -0.163. The van der Waals surface area contributed by atoms with Crippen molar-refractivity contribution < 1.29 is 9.59 Å². The molecule has 2 amide bonds. The standard InChI is InChI=1S/C24H29N5O2S/c1-18-7-9-19(10-8-18)26-24(32)29-12-11-25-23(31)21(29)17-22(30)28-15-13-27(14-16-28)20-5-3-2-4-6-20/h2-10,21H,11-17H2,1H3,(H,25,31)(H,26,32)/t21-/m1/s1. The number of nitrogens with one attached hydrogen (secondary N) is 2. The van der Waals surface area contributed by atoms with E-state index in [0.29, 0.717) is 31.3 Å². The van der Waals surface area contributed by atoms with Crippen LogP contribution < -0.4 is 15.5 Å². The van der Waals surface area contributed by atoms with Crippen molar-refractivity contribution in [3.05, 3.63) is 60.2 Å². The number of thiocarbonyl (C=S) groups is 1. The molecular formula is C24H29N5O2S. The lowest BCUT2D eigenvalue weighted by Gasteiger charge is -2.39. The molecule has 2 aromatic rings. The van der Waals surface area contributed by atoms with E-state index < -0.39 is 6.04 Å². The van der Waals surface area contributed by atoms with Gasteiger partial charge in [0.05, 0.1) is 6.42 Å². The van der Waals surface area contributed by atoms with Crippen LogP contribution in [-0.4, -0.2) is 72.0 Å². The van der Waals surface area contributed by atoms with Gasteiger partial charge in [0.25, 0.3) is 0 Å². The van der Waals surface area contributed by atoms with E-state index in [1.165, 1.54) is 5.69 Å². The van der Waals surface area contributed by atoms with Gasteiger partial charge >= 0.3 is 0 Å². The van der Waals surface area contributed by atoms with Gasteiger partial charge in [-0.25, -0.2) is 0 Å². The fraction of sp³-hybridized carbons (Fsp3) is 0.375. The normalized spacial score (nSPS) is 18.8. The number of anilines is 2. The Hall–Kier alpha value is -3.13. The number of benzene rings is 2. The highest BCUT2D eigenvalue weighted by Gasteiger charge is 2.35. The topological polar surface area (TPSA) is 67.9 Å². The summed E-state index contributed by atoms with van der Waals surface area (Å²) in [4.78, 5) is 31.7. The van der Waals surface area contributed by atoms with Gasteiger partial charge in [0.1, 0.15) is 6.04 Å². The second kappa shape index (κ2) is 9.99. The maximum Gasteiger partial charge on any atom is 0.243 e. The Morgan fingerprint density at radius 2 is 1.72 bits per heavy atom. The van der Waals surface area contributed by atoms with Crippen LogP contribution in [0.1, 0.15) is 12.0 Å². The van der Waals surface area contributed by atoms with Gasteiger partial charge in [0.15, 0.2) is 5.11 Å². The number of para-hydroxylation sites is 1. The average Bonchev–Trinajstić information content (AvgIpc) is 2.82. The van der Waals surface area contributed by atoms with Crippen molar-refractivity contribution in [1.29, 1.82) is 0 Å². The second-order valence-electron chi connectivity index (χ2n) is 8.20. The molecule has 4 rings (SSSR count). The molecule has 0 radical (unpaired) electrons. The lowest BCUT2D eigenvalue weighted by Crippen LogP contribution is -2.60. The molecule has 0 saturated carbocycles. The maximum atomic E-state index is 13.1. The molecule has 168 valence electrons. The van der Waals surface area contributed by atoms with Crippen molar-refractivity contribution in [2.75, 3.05) is 49.5 Å². The predicted octanol–water partition coefficient (Wildman–Crippen LogP) is 2.23. The van der Waals surface area contributed by atoms with Gasteiger partial charge in [-0.05, 0) is 43.4 Å². The Bertz CT molecular complexity index is 958. The summed E-state index contributed by atoms with van der Waals surface area (Å²) < 4.78 is 0. The van der Waals surface area contributed by atoms with E-state index in [4.69, 9.17) is 12.2 Å². The fourth-order valence-corrected chi connectivity index (χ4v) is 4.48. The molecule has 7 nitrogen and oxygen atoms in total. The smallest absolute Gasteiger partial charge is 0.243 e. The van der Waals surface area contributed by atoms with Crippen LogP contribution in [0.3, 0.4) is 0 Å². The summed E-state index contributed by atoms with van der Waals surface area (Å²) in [6, 6.07) is 17.5. The van der Waals surface area contributed by atoms with E-state index >= 15 is 0 Å². The van der Waals surface area contributed by atoms with E-state index in [1.807, 2.05) is 59.2 Å². The first-order chi connectivity index (χ1) is 15.5. The molecule has 8 heteroatoms. The van der Waals surface area contributed by atoms with Crippen LogP contribution in [0.15, 0.2) is 54.6 Å². The van der Waals surface area contributed by atoms with Crippen molar-refractivity contribution in [2.24, 2.45) is 0 Å². The molecule has 0 unspecified atom stereocenters. The predicted molar refractivity (Wildman–Crippen MR) is 131 cm³/mol. The summed E-state index contributed by atoms with van der Waals surface area (Å²) in [6.07, 6.45) is 0.118. The molecule has 0 bridgehead atoms. The summed E-state index contributed by atoms with van der Waals surface area (Å²) in [5.41, 5.74) is 3.20. The molecular weight excluding hydrogens is 422 g/mol. The van der Waals surface area contributed by atoms with Gasteiger partial charge in [-0.3, -0.25) is 9.59 Å². The Balaban J connectivity index is 1.36. The van der Waals surface area contributed by atoms with Crippen LogP contribution in [0.2, 0.25) is 0 Å². The van der Waals surface area contributed by atoms with E-state index in [0.717, 1.165) is 24.3 Å². The zero-order valence-electron chi connectivity index (χ0n) is 18.3. The lowest BCUT2D eigenvalue weighted by molar-refractivity contribution is -0.137.